The van der Waals surface area contributed by atoms with Crippen molar-refractivity contribution in [1.82, 2.24) is 0 Å². The average molecular weight is 188 g/mol. The fourth-order valence-corrected chi connectivity index (χ4v) is 2.13. The van der Waals surface area contributed by atoms with Gasteiger partial charge in [-0.05, 0) is 37.8 Å². The van der Waals surface area contributed by atoms with Crippen molar-refractivity contribution in [2.24, 2.45) is 5.92 Å². The van der Waals surface area contributed by atoms with Gasteiger partial charge in [0.1, 0.15) is 0 Å². The normalized spacial score (nSPS) is 21.6. The first-order valence-electron chi connectivity index (χ1n) is 5.32. The second kappa shape index (κ2) is 3.56. The van der Waals surface area contributed by atoms with Gasteiger partial charge in [0, 0.05) is 11.5 Å². The molecule has 1 aliphatic carbocycles. The van der Waals surface area contributed by atoms with Gasteiger partial charge in [-0.25, -0.2) is 0 Å². The molecule has 1 aromatic rings. The van der Waals surface area contributed by atoms with Crippen molar-refractivity contribution in [1.29, 1.82) is 0 Å². The minimum Gasteiger partial charge on any atom is -0.294 e. The Morgan fingerprint density at radius 3 is 2.93 bits per heavy atom. The Labute approximate surface area is 85.1 Å². The third-order valence-corrected chi connectivity index (χ3v) is 3.06. The molecule has 0 saturated carbocycles. The molecular weight excluding hydrogens is 172 g/mol. The molecular formula is C13H16O. The molecule has 0 saturated heterocycles. The fraction of sp³-hybridized carbons (Fsp3) is 0.462. The smallest absolute Gasteiger partial charge is 0.165 e. The second-order valence-electron chi connectivity index (χ2n) is 4.32. The summed E-state index contributed by atoms with van der Waals surface area (Å²) in [7, 11) is 0. The van der Waals surface area contributed by atoms with E-state index in [9.17, 15) is 4.79 Å². The van der Waals surface area contributed by atoms with Crippen LogP contribution in [0.4, 0.5) is 0 Å². The molecule has 1 aromatic carbocycles. The van der Waals surface area contributed by atoms with E-state index in [2.05, 4.69) is 12.1 Å². The highest BCUT2D eigenvalue weighted by Crippen LogP contribution is 2.24. The van der Waals surface area contributed by atoms with Crippen LogP contribution < -0.4 is 0 Å². The summed E-state index contributed by atoms with van der Waals surface area (Å²) in [5.74, 6) is 0.541. The molecule has 0 amide bonds. The minimum absolute atomic E-state index is 0.207. The third-order valence-electron chi connectivity index (χ3n) is 3.06. The number of Topliss-reactive ketones (excluding diaryl/α,β-unsaturated/α-hetero) is 1. The van der Waals surface area contributed by atoms with Crippen molar-refractivity contribution in [3.05, 3.63) is 34.9 Å². The number of carbonyl (C=O) groups excluding carboxylic acids is 1. The standard InChI is InChI=1S/C13H16O/c1-9-6-7-11-5-3-4-10(2)13(14)12(11)8-9/h6-8,10H,3-5H2,1-2H3. The molecule has 14 heavy (non-hydrogen) atoms. The Morgan fingerprint density at radius 1 is 1.36 bits per heavy atom. The van der Waals surface area contributed by atoms with Crippen LogP contribution in [-0.2, 0) is 6.42 Å². The van der Waals surface area contributed by atoms with Gasteiger partial charge in [0.15, 0.2) is 5.78 Å². The Hall–Kier alpha value is -1.11. The van der Waals surface area contributed by atoms with E-state index in [-0.39, 0.29) is 5.92 Å². The predicted molar refractivity (Wildman–Crippen MR) is 57.6 cm³/mol. The van der Waals surface area contributed by atoms with Gasteiger partial charge in [-0.3, -0.25) is 4.79 Å². The van der Waals surface area contributed by atoms with E-state index in [4.69, 9.17) is 0 Å². The lowest BCUT2D eigenvalue weighted by Gasteiger charge is -2.08. The molecule has 0 fully saturated rings. The molecule has 1 heteroatoms. The number of fused-ring (bicyclic) bond motifs is 1. The maximum Gasteiger partial charge on any atom is 0.165 e. The van der Waals surface area contributed by atoms with E-state index >= 15 is 0 Å². The van der Waals surface area contributed by atoms with Crippen LogP contribution >= 0.6 is 0 Å². The van der Waals surface area contributed by atoms with E-state index in [1.54, 1.807) is 0 Å². The van der Waals surface area contributed by atoms with E-state index in [1.807, 2.05) is 19.9 Å². The molecule has 1 aliphatic rings. The predicted octanol–water partition coefficient (Wildman–Crippen LogP) is 3.15. The van der Waals surface area contributed by atoms with Crippen LogP contribution in [0.3, 0.4) is 0 Å². The maximum atomic E-state index is 12.0. The Bertz CT molecular complexity index is 365. The number of hydrogen-bond acceptors (Lipinski definition) is 1. The van der Waals surface area contributed by atoms with Crippen LogP contribution in [0.5, 0.6) is 0 Å². The van der Waals surface area contributed by atoms with Gasteiger partial charge in [0.2, 0.25) is 0 Å². The molecule has 1 nitrogen and oxygen atoms in total. The van der Waals surface area contributed by atoms with Crippen molar-refractivity contribution in [3.8, 4) is 0 Å². The zero-order valence-electron chi connectivity index (χ0n) is 8.84. The van der Waals surface area contributed by atoms with Crippen molar-refractivity contribution < 1.29 is 4.79 Å². The van der Waals surface area contributed by atoms with Gasteiger partial charge in [-0.1, -0.05) is 24.6 Å². The molecule has 1 unspecified atom stereocenters. The molecule has 0 aliphatic heterocycles. The molecule has 0 heterocycles. The third kappa shape index (κ3) is 1.59. The quantitative estimate of drug-likeness (QED) is 0.571. The van der Waals surface area contributed by atoms with Crippen LogP contribution in [-0.4, -0.2) is 5.78 Å². The minimum atomic E-state index is 0.207. The monoisotopic (exact) mass is 188 g/mol. The van der Waals surface area contributed by atoms with Gasteiger partial charge in [-0.15, -0.1) is 0 Å². The fourth-order valence-electron chi connectivity index (χ4n) is 2.13. The summed E-state index contributed by atoms with van der Waals surface area (Å²) < 4.78 is 0. The van der Waals surface area contributed by atoms with E-state index in [1.165, 1.54) is 11.1 Å². The Balaban J connectivity index is 2.50. The van der Waals surface area contributed by atoms with Crippen LogP contribution in [0.1, 0.15) is 41.3 Å². The van der Waals surface area contributed by atoms with Gasteiger partial charge < -0.3 is 0 Å². The van der Waals surface area contributed by atoms with Gasteiger partial charge in [0.25, 0.3) is 0 Å². The van der Waals surface area contributed by atoms with E-state index < -0.39 is 0 Å². The SMILES string of the molecule is Cc1ccc2c(c1)C(=O)C(C)CCC2. The molecule has 0 radical (unpaired) electrons. The summed E-state index contributed by atoms with van der Waals surface area (Å²) in [4.78, 5) is 12.0. The molecule has 2 rings (SSSR count). The Kier molecular flexibility index (Phi) is 2.40. The molecule has 74 valence electrons. The summed E-state index contributed by atoms with van der Waals surface area (Å²) in [5.41, 5.74) is 3.39. The lowest BCUT2D eigenvalue weighted by molar-refractivity contribution is 0.0927. The first-order valence-corrected chi connectivity index (χ1v) is 5.32. The van der Waals surface area contributed by atoms with Crippen molar-refractivity contribution in [3.63, 3.8) is 0 Å². The lowest BCUT2D eigenvalue weighted by atomic mass is 9.95. The number of aryl methyl sites for hydroxylation is 2. The summed E-state index contributed by atoms with van der Waals surface area (Å²) >= 11 is 0. The highest BCUT2D eigenvalue weighted by molar-refractivity contribution is 5.99. The number of rotatable bonds is 0. The molecule has 0 bridgehead atoms. The summed E-state index contributed by atoms with van der Waals surface area (Å²) in [6, 6.07) is 6.25. The van der Waals surface area contributed by atoms with Crippen molar-refractivity contribution in [2.45, 2.75) is 33.1 Å². The molecule has 0 spiro atoms. The van der Waals surface area contributed by atoms with E-state index in [0.717, 1.165) is 24.8 Å². The largest absolute Gasteiger partial charge is 0.294 e. The zero-order valence-corrected chi connectivity index (χ0v) is 8.84. The average Bonchev–Trinajstić information content (AvgIpc) is 2.30. The number of carbonyl (C=O) groups is 1. The number of ketones is 1. The number of hydrogen-bond donors (Lipinski definition) is 0. The van der Waals surface area contributed by atoms with E-state index in [0.29, 0.717) is 5.78 Å². The maximum absolute atomic E-state index is 12.0. The summed E-state index contributed by atoms with van der Waals surface area (Å²) in [5, 5.41) is 0. The second-order valence-corrected chi connectivity index (χ2v) is 4.32. The highest BCUT2D eigenvalue weighted by Gasteiger charge is 2.21. The molecule has 0 N–H and O–H groups in total. The zero-order chi connectivity index (χ0) is 10.1. The van der Waals surface area contributed by atoms with Gasteiger partial charge in [0.05, 0.1) is 0 Å². The highest BCUT2D eigenvalue weighted by atomic mass is 16.1. The molecule has 1 atom stereocenters. The van der Waals surface area contributed by atoms with Crippen LogP contribution in [0.2, 0.25) is 0 Å². The Morgan fingerprint density at radius 2 is 2.14 bits per heavy atom. The molecule has 0 aromatic heterocycles. The summed E-state index contributed by atoms with van der Waals surface area (Å²) in [6.45, 7) is 4.09. The lowest BCUT2D eigenvalue weighted by Crippen LogP contribution is -2.10. The van der Waals surface area contributed by atoms with Crippen LogP contribution in [0, 0.1) is 12.8 Å². The number of benzene rings is 1. The van der Waals surface area contributed by atoms with Crippen molar-refractivity contribution in [2.75, 3.05) is 0 Å². The van der Waals surface area contributed by atoms with Crippen molar-refractivity contribution >= 4 is 5.78 Å². The van der Waals surface area contributed by atoms with Gasteiger partial charge in [-0.2, -0.15) is 0 Å². The van der Waals surface area contributed by atoms with Gasteiger partial charge >= 0.3 is 0 Å². The first-order chi connectivity index (χ1) is 6.68. The summed E-state index contributed by atoms with van der Waals surface area (Å²) in [6.07, 6.45) is 3.24. The van der Waals surface area contributed by atoms with Crippen LogP contribution in [0.25, 0.3) is 0 Å². The first kappa shape index (κ1) is 9.45. The van der Waals surface area contributed by atoms with Crippen LogP contribution in [0.15, 0.2) is 18.2 Å². The topological polar surface area (TPSA) is 17.1 Å².